The number of hydrogen-bond acceptors (Lipinski definition) is 4. The summed E-state index contributed by atoms with van der Waals surface area (Å²) in [6.07, 6.45) is 1.31. The fraction of sp³-hybridized carbons (Fsp3) is 0.562. The number of hydrogen-bond donors (Lipinski definition) is 1. The SMILES string of the molecule is CCCC(Cc1cc(Cl)ccc1[N+](=O)[O-])NC(=O)OC(C)(C)C. The van der Waals surface area contributed by atoms with E-state index in [9.17, 15) is 14.9 Å². The lowest BCUT2D eigenvalue weighted by Crippen LogP contribution is -2.40. The molecule has 23 heavy (non-hydrogen) atoms. The van der Waals surface area contributed by atoms with Crippen LogP contribution in [0.3, 0.4) is 0 Å². The lowest BCUT2D eigenvalue weighted by Gasteiger charge is -2.23. The van der Waals surface area contributed by atoms with E-state index in [2.05, 4.69) is 5.32 Å². The molecule has 0 saturated heterocycles. The second-order valence-corrected chi connectivity index (χ2v) is 6.80. The molecule has 0 aliphatic carbocycles. The average molecular weight is 343 g/mol. The molecular weight excluding hydrogens is 320 g/mol. The molecule has 1 N–H and O–H groups in total. The highest BCUT2D eigenvalue weighted by molar-refractivity contribution is 6.30. The predicted octanol–water partition coefficient (Wildman–Crippen LogP) is 4.48. The van der Waals surface area contributed by atoms with Gasteiger partial charge in [-0.3, -0.25) is 10.1 Å². The summed E-state index contributed by atoms with van der Waals surface area (Å²) in [4.78, 5) is 22.6. The quantitative estimate of drug-likeness (QED) is 0.610. The molecule has 1 aromatic rings. The highest BCUT2D eigenvalue weighted by atomic mass is 35.5. The van der Waals surface area contributed by atoms with E-state index in [0.717, 1.165) is 6.42 Å². The summed E-state index contributed by atoms with van der Waals surface area (Å²) in [5, 5.41) is 14.3. The number of carbonyl (C=O) groups excluding carboxylic acids is 1. The Morgan fingerprint density at radius 2 is 2.09 bits per heavy atom. The Hall–Kier alpha value is -1.82. The number of amides is 1. The van der Waals surface area contributed by atoms with Gasteiger partial charge in [0.2, 0.25) is 0 Å². The summed E-state index contributed by atoms with van der Waals surface area (Å²) >= 11 is 5.94. The van der Waals surface area contributed by atoms with Crippen LogP contribution in [0.25, 0.3) is 0 Å². The first-order valence-electron chi connectivity index (χ1n) is 7.54. The Balaban J connectivity index is 2.90. The molecule has 0 saturated carbocycles. The van der Waals surface area contributed by atoms with E-state index in [-0.39, 0.29) is 11.7 Å². The minimum absolute atomic E-state index is 0.00138. The first kappa shape index (κ1) is 19.2. The molecule has 128 valence electrons. The van der Waals surface area contributed by atoms with E-state index in [4.69, 9.17) is 16.3 Å². The topological polar surface area (TPSA) is 81.5 Å². The van der Waals surface area contributed by atoms with E-state index in [1.165, 1.54) is 12.1 Å². The van der Waals surface area contributed by atoms with Crippen LogP contribution in [0.15, 0.2) is 18.2 Å². The molecule has 0 aliphatic heterocycles. The number of nitrogens with one attached hydrogen (secondary N) is 1. The lowest BCUT2D eigenvalue weighted by molar-refractivity contribution is -0.385. The summed E-state index contributed by atoms with van der Waals surface area (Å²) < 4.78 is 5.24. The summed E-state index contributed by atoms with van der Waals surface area (Å²) in [5.41, 5.74) is -0.0957. The van der Waals surface area contributed by atoms with Crippen LogP contribution in [-0.2, 0) is 11.2 Å². The van der Waals surface area contributed by atoms with Crippen molar-refractivity contribution < 1.29 is 14.5 Å². The molecule has 0 bridgehead atoms. The second-order valence-electron chi connectivity index (χ2n) is 6.37. The zero-order valence-corrected chi connectivity index (χ0v) is 14.6. The van der Waals surface area contributed by atoms with E-state index in [0.29, 0.717) is 23.4 Å². The highest BCUT2D eigenvalue weighted by Gasteiger charge is 2.22. The molecule has 6 nitrogen and oxygen atoms in total. The number of carbonyl (C=O) groups is 1. The van der Waals surface area contributed by atoms with Crippen molar-refractivity contribution in [2.45, 2.75) is 58.6 Å². The Morgan fingerprint density at radius 1 is 1.43 bits per heavy atom. The van der Waals surface area contributed by atoms with Crippen LogP contribution in [0.2, 0.25) is 5.02 Å². The van der Waals surface area contributed by atoms with Crippen LogP contribution in [0.5, 0.6) is 0 Å². The molecule has 0 spiro atoms. The number of ether oxygens (including phenoxy) is 1. The van der Waals surface area contributed by atoms with Crippen LogP contribution in [0, 0.1) is 10.1 Å². The van der Waals surface area contributed by atoms with Gasteiger partial charge in [-0.15, -0.1) is 0 Å². The van der Waals surface area contributed by atoms with Crippen molar-refractivity contribution in [3.8, 4) is 0 Å². The van der Waals surface area contributed by atoms with E-state index < -0.39 is 16.6 Å². The lowest BCUT2D eigenvalue weighted by atomic mass is 10.0. The first-order valence-corrected chi connectivity index (χ1v) is 7.92. The molecule has 1 atom stereocenters. The van der Waals surface area contributed by atoms with E-state index in [1.807, 2.05) is 6.92 Å². The third-order valence-electron chi connectivity index (χ3n) is 3.06. The Morgan fingerprint density at radius 3 is 2.61 bits per heavy atom. The molecule has 7 heteroatoms. The van der Waals surface area contributed by atoms with Gasteiger partial charge in [0.1, 0.15) is 5.60 Å². The van der Waals surface area contributed by atoms with Crippen LogP contribution < -0.4 is 5.32 Å². The van der Waals surface area contributed by atoms with Gasteiger partial charge >= 0.3 is 6.09 Å². The standard InChI is InChI=1S/C16H23ClN2O4/c1-5-6-13(18-15(20)23-16(2,3)4)10-11-9-12(17)7-8-14(11)19(21)22/h7-9,13H,5-6,10H2,1-4H3,(H,18,20). The fourth-order valence-corrected chi connectivity index (χ4v) is 2.40. The van der Waals surface area contributed by atoms with Gasteiger partial charge in [0, 0.05) is 22.7 Å². The van der Waals surface area contributed by atoms with Crippen LogP contribution in [0.4, 0.5) is 10.5 Å². The summed E-state index contributed by atoms with van der Waals surface area (Å²) in [6.45, 7) is 7.33. The minimum Gasteiger partial charge on any atom is -0.444 e. The monoisotopic (exact) mass is 342 g/mol. The first-order chi connectivity index (χ1) is 10.6. The van der Waals surface area contributed by atoms with Gasteiger partial charge in [0.05, 0.1) is 4.92 Å². The molecular formula is C16H23ClN2O4. The third kappa shape index (κ3) is 6.86. The van der Waals surface area contributed by atoms with E-state index in [1.54, 1.807) is 26.8 Å². The number of nitro benzene ring substituents is 1. The van der Waals surface area contributed by atoms with Gasteiger partial charge in [-0.25, -0.2) is 4.79 Å². The zero-order chi connectivity index (χ0) is 17.6. The van der Waals surface area contributed by atoms with Crippen LogP contribution in [-0.4, -0.2) is 22.7 Å². The van der Waals surface area contributed by atoms with Crippen LogP contribution in [0.1, 0.15) is 46.1 Å². The maximum Gasteiger partial charge on any atom is 0.407 e. The molecule has 1 rings (SSSR count). The average Bonchev–Trinajstić information content (AvgIpc) is 2.36. The normalized spacial score (nSPS) is 12.6. The molecule has 1 aromatic carbocycles. The molecule has 0 fully saturated rings. The number of benzene rings is 1. The Bertz CT molecular complexity index is 570. The maximum absolute atomic E-state index is 11.9. The molecule has 0 heterocycles. The Kier molecular flexibility index (Phi) is 6.81. The maximum atomic E-state index is 11.9. The van der Waals surface area contributed by atoms with Gasteiger partial charge < -0.3 is 10.1 Å². The molecule has 1 amide bonds. The highest BCUT2D eigenvalue weighted by Crippen LogP contribution is 2.24. The number of alkyl carbamates (subject to hydrolysis) is 1. The zero-order valence-electron chi connectivity index (χ0n) is 13.9. The van der Waals surface area contributed by atoms with E-state index >= 15 is 0 Å². The van der Waals surface area contributed by atoms with Crippen molar-refractivity contribution in [2.75, 3.05) is 0 Å². The molecule has 1 unspecified atom stereocenters. The van der Waals surface area contributed by atoms with Gasteiger partial charge in [-0.05, 0) is 45.7 Å². The van der Waals surface area contributed by atoms with Crippen molar-refractivity contribution in [3.63, 3.8) is 0 Å². The smallest absolute Gasteiger partial charge is 0.407 e. The number of nitrogens with zero attached hydrogens (tertiary/aromatic N) is 1. The van der Waals surface area contributed by atoms with Gasteiger partial charge in [0.25, 0.3) is 5.69 Å². The van der Waals surface area contributed by atoms with Crippen LogP contribution >= 0.6 is 11.6 Å². The van der Waals surface area contributed by atoms with Crippen molar-refractivity contribution >= 4 is 23.4 Å². The number of rotatable bonds is 6. The van der Waals surface area contributed by atoms with Crippen molar-refractivity contribution in [2.24, 2.45) is 0 Å². The largest absolute Gasteiger partial charge is 0.444 e. The minimum atomic E-state index is -0.594. The number of nitro groups is 1. The molecule has 0 aromatic heterocycles. The molecule has 0 aliphatic rings. The van der Waals surface area contributed by atoms with Gasteiger partial charge in [-0.1, -0.05) is 24.9 Å². The van der Waals surface area contributed by atoms with Crippen molar-refractivity contribution in [1.29, 1.82) is 0 Å². The third-order valence-corrected chi connectivity index (χ3v) is 3.30. The summed E-state index contributed by atoms with van der Waals surface area (Å²) in [7, 11) is 0. The summed E-state index contributed by atoms with van der Waals surface area (Å²) in [6, 6.07) is 4.18. The predicted molar refractivity (Wildman–Crippen MR) is 89.9 cm³/mol. The Labute approximate surface area is 141 Å². The second kappa shape index (κ2) is 8.15. The number of halogens is 1. The van der Waals surface area contributed by atoms with Gasteiger partial charge in [0.15, 0.2) is 0 Å². The fourth-order valence-electron chi connectivity index (χ4n) is 2.21. The molecule has 0 radical (unpaired) electrons. The summed E-state index contributed by atoms with van der Waals surface area (Å²) in [5.74, 6) is 0. The van der Waals surface area contributed by atoms with Gasteiger partial charge in [-0.2, -0.15) is 0 Å². The van der Waals surface area contributed by atoms with Crippen molar-refractivity contribution in [3.05, 3.63) is 38.9 Å². The van der Waals surface area contributed by atoms with Crippen molar-refractivity contribution in [1.82, 2.24) is 5.32 Å².